The molecule has 0 aliphatic heterocycles. The van der Waals surface area contributed by atoms with E-state index in [9.17, 15) is 4.79 Å². The van der Waals surface area contributed by atoms with Gasteiger partial charge in [0.2, 0.25) is 5.91 Å². The number of halogens is 1. The molecule has 3 nitrogen and oxygen atoms in total. The summed E-state index contributed by atoms with van der Waals surface area (Å²) in [5.41, 5.74) is 0. The predicted molar refractivity (Wildman–Crippen MR) is 74.8 cm³/mol. The molecule has 0 aliphatic carbocycles. The van der Waals surface area contributed by atoms with E-state index in [0.717, 1.165) is 10.1 Å². The summed E-state index contributed by atoms with van der Waals surface area (Å²) in [5, 5.41) is 11.8. The Morgan fingerprint density at radius 3 is 3.00 bits per heavy atom. The molecule has 2 N–H and O–H groups in total. The van der Waals surface area contributed by atoms with Crippen LogP contribution in [0, 0.1) is 0 Å². The van der Waals surface area contributed by atoms with Gasteiger partial charge in [0.05, 0.1) is 16.2 Å². The zero-order chi connectivity index (χ0) is 12.7. The third-order valence-electron chi connectivity index (χ3n) is 1.99. The summed E-state index contributed by atoms with van der Waals surface area (Å²) in [6.07, 6.45) is 0.230. The molecule has 1 heterocycles. The SMILES string of the molecule is CC(O)CCNC(=O)CSCc1ccc(Cl)s1. The Kier molecular flexibility index (Phi) is 6.96. The average molecular weight is 294 g/mol. The first-order valence-corrected chi connectivity index (χ1v) is 7.69. The van der Waals surface area contributed by atoms with Gasteiger partial charge in [0, 0.05) is 17.2 Å². The van der Waals surface area contributed by atoms with Crippen molar-refractivity contribution in [3.05, 3.63) is 21.3 Å². The molecule has 1 aromatic rings. The number of thioether (sulfide) groups is 1. The second-order valence-electron chi connectivity index (χ2n) is 3.69. The molecule has 0 aromatic carbocycles. The van der Waals surface area contributed by atoms with E-state index >= 15 is 0 Å². The number of nitrogens with one attached hydrogen (secondary N) is 1. The molecule has 17 heavy (non-hydrogen) atoms. The molecule has 1 atom stereocenters. The van der Waals surface area contributed by atoms with Gasteiger partial charge in [0.15, 0.2) is 0 Å². The minimum Gasteiger partial charge on any atom is -0.393 e. The smallest absolute Gasteiger partial charge is 0.230 e. The highest BCUT2D eigenvalue weighted by Crippen LogP contribution is 2.24. The minimum atomic E-state index is -0.365. The maximum atomic E-state index is 11.4. The van der Waals surface area contributed by atoms with E-state index in [4.69, 9.17) is 16.7 Å². The van der Waals surface area contributed by atoms with Crippen LogP contribution in [0.3, 0.4) is 0 Å². The Bertz CT molecular complexity index is 355. The van der Waals surface area contributed by atoms with Gasteiger partial charge in [-0.1, -0.05) is 11.6 Å². The number of carbonyl (C=O) groups excluding carboxylic acids is 1. The first-order valence-electron chi connectivity index (χ1n) is 5.34. The number of thiophene rings is 1. The summed E-state index contributed by atoms with van der Waals surface area (Å²) in [7, 11) is 0. The second-order valence-corrected chi connectivity index (χ2v) is 6.47. The van der Waals surface area contributed by atoms with Crippen LogP contribution in [0.15, 0.2) is 12.1 Å². The maximum Gasteiger partial charge on any atom is 0.230 e. The molecule has 0 bridgehead atoms. The topological polar surface area (TPSA) is 49.3 Å². The number of carbonyl (C=O) groups is 1. The fourth-order valence-corrected chi connectivity index (χ4v) is 3.20. The van der Waals surface area contributed by atoms with Crippen molar-refractivity contribution in [1.29, 1.82) is 0 Å². The van der Waals surface area contributed by atoms with Crippen LogP contribution < -0.4 is 5.32 Å². The lowest BCUT2D eigenvalue weighted by Gasteiger charge is -2.06. The van der Waals surface area contributed by atoms with E-state index in [-0.39, 0.29) is 12.0 Å². The Balaban J connectivity index is 2.08. The Labute approximate surface area is 115 Å². The third-order valence-corrected chi connectivity index (χ3v) is 4.39. The number of amides is 1. The molecular formula is C11H16ClNO2S2. The number of aliphatic hydroxyl groups excluding tert-OH is 1. The van der Waals surface area contributed by atoms with E-state index in [2.05, 4.69) is 5.32 Å². The van der Waals surface area contributed by atoms with Crippen LogP contribution in [0.5, 0.6) is 0 Å². The van der Waals surface area contributed by atoms with Crippen molar-refractivity contribution in [2.45, 2.75) is 25.2 Å². The summed E-state index contributed by atoms with van der Waals surface area (Å²) in [5.74, 6) is 1.26. The largest absolute Gasteiger partial charge is 0.393 e. The molecule has 1 aromatic heterocycles. The highest BCUT2D eigenvalue weighted by Gasteiger charge is 2.04. The summed E-state index contributed by atoms with van der Waals surface area (Å²) < 4.78 is 0.780. The van der Waals surface area contributed by atoms with E-state index in [0.29, 0.717) is 18.7 Å². The van der Waals surface area contributed by atoms with E-state index in [1.807, 2.05) is 12.1 Å². The van der Waals surface area contributed by atoms with Crippen molar-refractivity contribution in [2.75, 3.05) is 12.3 Å². The van der Waals surface area contributed by atoms with Crippen molar-refractivity contribution in [3.63, 3.8) is 0 Å². The van der Waals surface area contributed by atoms with Crippen LogP contribution >= 0.6 is 34.7 Å². The molecule has 6 heteroatoms. The maximum absolute atomic E-state index is 11.4. The van der Waals surface area contributed by atoms with Crippen molar-refractivity contribution in [2.24, 2.45) is 0 Å². The molecule has 1 amide bonds. The molecule has 0 saturated carbocycles. The molecule has 1 unspecified atom stereocenters. The third kappa shape index (κ3) is 6.93. The lowest BCUT2D eigenvalue weighted by Crippen LogP contribution is -2.27. The van der Waals surface area contributed by atoms with Gasteiger partial charge in [-0.15, -0.1) is 23.1 Å². The Morgan fingerprint density at radius 1 is 1.65 bits per heavy atom. The van der Waals surface area contributed by atoms with Crippen LogP contribution in [-0.4, -0.2) is 29.4 Å². The van der Waals surface area contributed by atoms with Crippen molar-refractivity contribution >= 4 is 40.6 Å². The molecule has 0 saturated heterocycles. The lowest BCUT2D eigenvalue weighted by atomic mass is 10.3. The number of rotatable bonds is 7. The zero-order valence-electron chi connectivity index (χ0n) is 9.61. The van der Waals surface area contributed by atoms with Crippen LogP contribution in [-0.2, 0) is 10.5 Å². The summed E-state index contributed by atoms with van der Waals surface area (Å²) in [4.78, 5) is 12.6. The normalized spacial score (nSPS) is 12.4. The molecule has 0 fully saturated rings. The van der Waals surface area contributed by atoms with Crippen LogP contribution in [0.2, 0.25) is 4.34 Å². The van der Waals surface area contributed by atoms with Gasteiger partial charge >= 0.3 is 0 Å². The molecule has 1 rings (SSSR count). The molecular weight excluding hydrogens is 278 g/mol. The number of aliphatic hydroxyl groups is 1. The van der Waals surface area contributed by atoms with Gasteiger partial charge < -0.3 is 10.4 Å². The summed E-state index contributed by atoms with van der Waals surface area (Å²) >= 11 is 8.91. The monoisotopic (exact) mass is 293 g/mol. The first kappa shape index (κ1) is 14.8. The highest BCUT2D eigenvalue weighted by molar-refractivity contribution is 7.99. The molecule has 0 radical (unpaired) electrons. The van der Waals surface area contributed by atoms with Gasteiger partial charge in [0.1, 0.15) is 0 Å². The van der Waals surface area contributed by atoms with E-state index in [1.54, 1.807) is 30.0 Å². The molecule has 0 aliphatic rings. The minimum absolute atomic E-state index is 0.0123. The first-order chi connectivity index (χ1) is 8.08. The fraction of sp³-hybridized carbons (Fsp3) is 0.545. The van der Waals surface area contributed by atoms with Gasteiger partial charge in [-0.2, -0.15) is 0 Å². The van der Waals surface area contributed by atoms with Crippen LogP contribution in [0.1, 0.15) is 18.2 Å². The predicted octanol–water partition coefficient (Wildman–Crippen LogP) is 2.52. The van der Waals surface area contributed by atoms with Crippen LogP contribution in [0.25, 0.3) is 0 Å². The quantitative estimate of drug-likeness (QED) is 0.812. The fourth-order valence-electron chi connectivity index (χ4n) is 1.15. The molecule has 0 spiro atoms. The summed E-state index contributed by atoms with van der Waals surface area (Å²) in [6, 6.07) is 3.84. The lowest BCUT2D eigenvalue weighted by molar-refractivity contribution is -0.118. The number of hydrogen-bond donors (Lipinski definition) is 2. The molecule has 96 valence electrons. The van der Waals surface area contributed by atoms with Gasteiger partial charge in [-0.25, -0.2) is 0 Å². The van der Waals surface area contributed by atoms with E-state index < -0.39 is 0 Å². The number of hydrogen-bond acceptors (Lipinski definition) is 4. The van der Waals surface area contributed by atoms with Crippen LogP contribution in [0.4, 0.5) is 0 Å². The standard InChI is InChI=1S/C11H16ClNO2S2/c1-8(14)4-5-13-11(15)7-16-6-9-2-3-10(12)17-9/h2-3,8,14H,4-7H2,1H3,(H,13,15). The van der Waals surface area contributed by atoms with Gasteiger partial charge in [-0.3, -0.25) is 4.79 Å². The zero-order valence-corrected chi connectivity index (χ0v) is 12.0. The highest BCUT2D eigenvalue weighted by atomic mass is 35.5. The second kappa shape index (κ2) is 7.97. The van der Waals surface area contributed by atoms with Crippen molar-refractivity contribution in [3.8, 4) is 0 Å². The van der Waals surface area contributed by atoms with Gasteiger partial charge in [-0.05, 0) is 25.5 Å². The summed E-state index contributed by atoms with van der Waals surface area (Å²) in [6.45, 7) is 2.24. The average Bonchev–Trinajstić information content (AvgIpc) is 2.63. The van der Waals surface area contributed by atoms with Crippen molar-refractivity contribution < 1.29 is 9.90 Å². The Morgan fingerprint density at radius 2 is 2.41 bits per heavy atom. The van der Waals surface area contributed by atoms with E-state index in [1.165, 1.54) is 4.88 Å². The van der Waals surface area contributed by atoms with Gasteiger partial charge in [0.25, 0.3) is 0 Å². The Hall–Kier alpha value is -0.230. The van der Waals surface area contributed by atoms with Crippen molar-refractivity contribution in [1.82, 2.24) is 5.32 Å².